The molecule has 4 heteroatoms. The van der Waals surface area contributed by atoms with Crippen LogP contribution in [0.15, 0.2) is 71.2 Å². The molecule has 0 atom stereocenters. The normalized spacial score (nSPS) is 11.6. The van der Waals surface area contributed by atoms with Crippen LogP contribution in [0.1, 0.15) is 5.56 Å². The number of benzene rings is 2. The van der Waals surface area contributed by atoms with E-state index in [1.165, 1.54) is 6.26 Å². The molecule has 0 aromatic heterocycles. The minimum atomic E-state index is -3.45. The molecule has 98 valence electrons. The Kier molecular flexibility index (Phi) is 4.02. The molecule has 2 aromatic carbocycles. The third kappa shape index (κ3) is 3.69. The fourth-order valence-electron chi connectivity index (χ4n) is 1.56. The van der Waals surface area contributed by atoms with Crippen LogP contribution in [0.25, 0.3) is 0 Å². The molecule has 0 saturated heterocycles. The summed E-state index contributed by atoms with van der Waals surface area (Å²) in [6, 6.07) is 15.6. The molecule has 0 amide bonds. The van der Waals surface area contributed by atoms with Crippen LogP contribution in [0.3, 0.4) is 0 Å². The largest absolute Gasteiger partial charge is 0.464 e. The minimum absolute atomic E-state index is 0.249. The summed E-state index contributed by atoms with van der Waals surface area (Å²) in [6.45, 7) is 1.94. The van der Waals surface area contributed by atoms with Crippen molar-refractivity contribution < 1.29 is 13.2 Å². The summed E-state index contributed by atoms with van der Waals surface area (Å²) in [5.41, 5.74) is 1.05. The summed E-state index contributed by atoms with van der Waals surface area (Å²) in [6.07, 6.45) is 1.19. The van der Waals surface area contributed by atoms with Crippen molar-refractivity contribution in [3.8, 4) is 5.75 Å². The fraction of sp³-hybridized carbons (Fsp3) is 0.0667. The van der Waals surface area contributed by atoms with Crippen molar-refractivity contribution in [1.82, 2.24) is 0 Å². The van der Waals surface area contributed by atoms with E-state index in [1.807, 2.05) is 25.1 Å². The predicted octanol–water partition coefficient (Wildman–Crippen LogP) is 3.32. The van der Waals surface area contributed by atoms with Gasteiger partial charge in [-0.1, -0.05) is 30.3 Å². The quantitative estimate of drug-likeness (QED) is 0.803. The van der Waals surface area contributed by atoms with Crippen LogP contribution in [0.2, 0.25) is 0 Å². The van der Waals surface area contributed by atoms with Crippen molar-refractivity contribution in [1.29, 1.82) is 0 Å². The van der Waals surface area contributed by atoms with Crippen LogP contribution >= 0.6 is 0 Å². The van der Waals surface area contributed by atoms with Crippen molar-refractivity contribution in [3.05, 3.63) is 71.8 Å². The maximum Gasteiger partial charge on any atom is 0.202 e. The van der Waals surface area contributed by atoms with E-state index in [9.17, 15) is 8.42 Å². The number of hydrogen-bond donors (Lipinski definition) is 0. The molecule has 0 N–H and O–H groups in total. The van der Waals surface area contributed by atoms with Gasteiger partial charge in [0, 0.05) is 0 Å². The Morgan fingerprint density at radius 2 is 1.74 bits per heavy atom. The summed E-state index contributed by atoms with van der Waals surface area (Å²) in [4.78, 5) is 0.249. The minimum Gasteiger partial charge on any atom is -0.464 e. The highest BCUT2D eigenvalue weighted by Crippen LogP contribution is 2.14. The number of sulfone groups is 1. The lowest BCUT2D eigenvalue weighted by atomic mass is 10.2. The molecule has 0 bridgehead atoms. The topological polar surface area (TPSA) is 43.4 Å². The van der Waals surface area contributed by atoms with E-state index in [-0.39, 0.29) is 4.90 Å². The van der Waals surface area contributed by atoms with E-state index in [0.29, 0.717) is 5.75 Å². The number of ether oxygens (including phenoxy) is 1. The first-order valence-corrected chi connectivity index (χ1v) is 7.32. The van der Waals surface area contributed by atoms with Gasteiger partial charge in [0.05, 0.1) is 10.3 Å². The van der Waals surface area contributed by atoms with Gasteiger partial charge in [0.25, 0.3) is 0 Å². The van der Waals surface area contributed by atoms with Gasteiger partial charge in [-0.2, -0.15) is 0 Å². The Hall–Kier alpha value is -2.07. The molecular weight excluding hydrogens is 260 g/mol. The highest BCUT2D eigenvalue weighted by atomic mass is 32.2. The molecule has 3 nitrogen and oxygen atoms in total. The van der Waals surface area contributed by atoms with E-state index in [0.717, 1.165) is 11.0 Å². The second-order valence-corrected chi connectivity index (χ2v) is 5.90. The first kappa shape index (κ1) is 13.4. The van der Waals surface area contributed by atoms with E-state index < -0.39 is 9.84 Å². The Labute approximate surface area is 113 Å². The molecule has 0 unspecified atom stereocenters. The highest BCUT2D eigenvalue weighted by molar-refractivity contribution is 7.94. The second-order valence-electron chi connectivity index (χ2n) is 4.06. The monoisotopic (exact) mass is 274 g/mol. The number of rotatable bonds is 4. The van der Waals surface area contributed by atoms with Crippen molar-refractivity contribution in [2.24, 2.45) is 0 Å². The Balaban J connectivity index is 2.11. The zero-order valence-electron chi connectivity index (χ0n) is 10.5. The van der Waals surface area contributed by atoms with Crippen molar-refractivity contribution in [2.75, 3.05) is 0 Å². The Bertz CT molecular complexity index is 674. The van der Waals surface area contributed by atoms with Gasteiger partial charge in [-0.15, -0.1) is 0 Å². The maximum atomic E-state index is 11.9. The van der Waals surface area contributed by atoms with Gasteiger partial charge in [0.2, 0.25) is 9.84 Å². The van der Waals surface area contributed by atoms with Crippen LogP contribution in [0, 0.1) is 6.92 Å². The van der Waals surface area contributed by atoms with Crippen molar-refractivity contribution >= 4 is 9.84 Å². The molecule has 2 rings (SSSR count). The van der Waals surface area contributed by atoms with Crippen LogP contribution < -0.4 is 4.74 Å². The second kappa shape index (κ2) is 5.71. The Morgan fingerprint density at radius 1 is 1.00 bits per heavy atom. The molecule has 0 aliphatic rings. The fourth-order valence-corrected chi connectivity index (χ4v) is 2.45. The third-order valence-electron chi connectivity index (χ3n) is 2.50. The van der Waals surface area contributed by atoms with E-state index in [2.05, 4.69) is 0 Å². The van der Waals surface area contributed by atoms with Crippen molar-refractivity contribution in [3.63, 3.8) is 0 Å². The third-order valence-corrected chi connectivity index (χ3v) is 3.90. The molecule has 0 radical (unpaired) electrons. The van der Waals surface area contributed by atoms with Crippen LogP contribution in [0.4, 0.5) is 0 Å². The average molecular weight is 274 g/mol. The zero-order valence-corrected chi connectivity index (χ0v) is 11.3. The standard InChI is InChI=1S/C15H14O3S/c1-13-6-5-7-14(12-13)18-10-11-19(16,17)15-8-3-2-4-9-15/h2-12H,1H3/b11-10+. The lowest BCUT2D eigenvalue weighted by Gasteiger charge is -2.01. The van der Waals surface area contributed by atoms with Gasteiger partial charge in [-0.05, 0) is 36.8 Å². The molecule has 2 aromatic rings. The maximum absolute atomic E-state index is 11.9. The molecule has 0 aliphatic carbocycles. The summed E-state index contributed by atoms with van der Waals surface area (Å²) in [7, 11) is -3.45. The smallest absolute Gasteiger partial charge is 0.202 e. The summed E-state index contributed by atoms with van der Waals surface area (Å²) in [5.74, 6) is 0.611. The first-order chi connectivity index (χ1) is 9.08. The molecule has 19 heavy (non-hydrogen) atoms. The van der Waals surface area contributed by atoms with Gasteiger partial charge < -0.3 is 4.74 Å². The lowest BCUT2D eigenvalue weighted by molar-refractivity contribution is 0.481. The van der Waals surface area contributed by atoms with E-state index in [1.54, 1.807) is 36.4 Å². The number of aryl methyl sites for hydroxylation is 1. The van der Waals surface area contributed by atoms with Crippen LogP contribution in [-0.2, 0) is 9.84 Å². The first-order valence-electron chi connectivity index (χ1n) is 5.78. The Morgan fingerprint density at radius 3 is 2.42 bits per heavy atom. The summed E-state index contributed by atoms with van der Waals surface area (Å²) < 4.78 is 29.1. The van der Waals surface area contributed by atoms with Gasteiger partial charge >= 0.3 is 0 Å². The molecule has 0 saturated carbocycles. The molecule has 0 heterocycles. The SMILES string of the molecule is Cc1cccc(O/C=C/S(=O)(=O)c2ccccc2)c1. The van der Waals surface area contributed by atoms with Gasteiger partial charge in [0.15, 0.2) is 0 Å². The molecule has 0 fully saturated rings. The molecular formula is C15H14O3S. The van der Waals surface area contributed by atoms with E-state index >= 15 is 0 Å². The predicted molar refractivity (Wildman–Crippen MR) is 74.6 cm³/mol. The average Bonchev–Trinajstić information content (AvgIpc) is 2.40. The van der Waals surface area contributed by atoms with Crippen LogP contribution in [-0.4, -0.2) is 8.42 Å². The van der Waals surface area contributed by atoms with Gasteiger partial charge in [-0.25, -0.2) is 8.42 Å². The van der Waals surface area contributed by atoms with Crippen molar-refractivity contribution in [2.45, 2.75) is 11.8 Å². The van der Waals surface area contributed by atoms with Gasteiger partial charge in [-0.3, -0.25) is 0 Å². The molecule has 0 aliphatic heterocycles. The summed E-state index contributed by atoms with van der Waals surface area (Å²) in [5, 5.41) is 1.06. The number of hydrogen-bond acceptors (Lipinski definition) is 3. The highest BCUT2D eigenvalue weighted by Gasteiger charge is 2.08. The van der Waals surface area contributed by atoms with E-state index in [4.69, 9.17) is 4.74 Å². The molecule has 0 spiro atoms. The van der Waals surface area contributed by atoms with Gasteiger partial charge in [0.1, 0.15) is 12.0 Å². The summed E-state index contributed by atoms with van der Waals surface area (Å²) >= 11 is 0. The lowest BCUT2D eigenvalue weighted by Crippen LogP contribution is -1.96. The van der Waals surface area contributed by atoms with Crippen LogP contribution in [0.5, 0.6) is 5.75 Å². The zero-order chi connectivity index (χ0) is 13.7.